The van der Waals surface area contributed by atoms with Crippen molar-refractivity contribution in [3.05, 3.63) is 0 Å². The molecule has 1 saturated heterocycles. The minimum Gasteiger partial charge on any atom is -0.303 e. The molecule has 2 heteroatoms. The van der Waals surface area contributed by atoms with Crippen LogP contribution in [0.1, 0.15) is 39.5 Å². The molecule has 1 heterocycles. The smallest absolute Gasteiger partial charge is 0.0622 e. The van der Waals surface area contributed by atoms with E-state index >= 15 is 0 Å². The lowest BCUT2D eigenvalue weighted by atomic mass is 9.87. The molecular formula is C12H22N2. The van der Waals surface area contributed by atoms with Crippen LogP contribution in [0.2, 0.25) is 0 Å². The van der Waals surface area contributed by atoms with Crippen LogP contribution in [0.15, 0.2) is 0 Å². The third-order valence-corrected chi connectivity index (χ3v) is 3.34. The van der Waals surface area contributed by atoms with Crippen molar-refractivity contribution in [3.63, 3.8) is 0 Å². The molecule has 1 aliphatic rings. The van der Waals surface area contributed by atoms with Crippen LogP contribution in [0.25, 0.3) is 0 Å². The summed E-state index contributed by atoms with van der Waals surface area (Å²) in [4.78, 5) is 2.51. The molecule has 0 N–H and O–H groups in total. The van der Waals surface area contributed by atoms with Gasteiger partial charge in [-0.15, -0.1) is 0 Å². The first-order chi connectivity index (χ1) is 6.74. The van der Waals surface area contributed by atoms with E-state index in [1.807, 2.05) is 0 Å². The fourth-order valence-corrected chi connectivity index (χ4v) is 2.22. The van der Waals surface area contributed by atoms with E-state index in [-0.39, 0.29) is 0 Å². The maximum absolute atomic E-state index is 8.44. The monoisotopic (exact) mass is 194 g/mol. The number of piperidine rings is 1. The van der Waals surface area contributed by atoms with Gasteiger partial charge in [0.25, 0.3) is 0 Å². The molecule has 0 saturated carbocycles. The van der Waals surface area contributed by atoms with Gasteiger partial charge in [-0.05, 0) is 50.7 Å². The Morgan fingerprint density at radius 2 is 2.00 bits per heavy atom. The number of likely N-dealkylation sites (tertiary alicyclic amines) is 1. The number of hydrogen-bond acceptors (Lipinski definition) is 2. The number of nitriles is 1. The van der Waals surface area contributed by atoms with Gasteiger partial charge in [-0.1, -0.05) is 13.8 Å². The van der Waals surface area contributed by atoms with Gasteiger partial charge in [0, 0.05) is 6.42 Å². The average molecular weight is 194 g/mol. The highest BCUT2D eigenvalue weighted by molar-refractivity contribution is 4.76. The molecule has 2 nitrogen and oxygen atoms in total. The summed E-state index contributed by atoms with van der Waals surface area (Å²) in [5.41, 5.74) is 0. The first-order valence-corrected chi connectivity index (χ1v) is 5.83. The maximum Gasteiger partial charge on any atom is 0.0622 e. The van der Waals surface area contributed by atoms with E-state index in [4.69, 9.17) is 5.26 Å². The van der Waals surface area contributed by atoms with Crippen molar-refractivity contribution in [2.24, 2.45) is 11.8 Å². The van der Waals surface area contributed by atoms with Crippen LogP contribution in [0.4, 0.5) is 0 Å². The van der Waals surface area contributed by atoms with Crippen molar-refractivity contribution in [2.45, 2.75) is 39.5 Å². The second-order valence-electron chi connectivity index (χ2n) is 4.68. The zero-order valence-electron chi connectivity index (χ0n) is 9.50. The van der Waals surface area contributed by atoms with E-state index in [0.717, 1.165) is 24.8 Å². The third-order valence-electron chi connectivity index (χ3n) is 3.34. The summed E-state index contributed by atoms with van der Waals surface area (Å²) >= 11 is 0. The molecule has 1 rings (SSSR count). The summed E-state index contributed by atoms with van der Waals surface area (Å²) < 4.78 is 0. The molecule has 0 radical (unpaired) electrons. The topological polar surface area (TPSA) is 27.0 Å². The lowest BCUT2D eigenvalue weighted by Gasteiger charge is -2.33. The van der Waals surface area contributed by atoms with Gasteiger partial charge in [0.1, 0.15) is 0 Å². The van der Waals surface area contributed by atoms with E-state index in [0.29, 0.717) is 6.42 Å². The lowest BCUT2D eigenvalue weighted by Crippen LogP contribution is -2.35. The van der Waals surface area contributed by atoms with Gasteiger partial charge in [-0.25, -0.2) is 0 Å². The lowest BCUT2D eigenvalue weighted by molar-refractivity contribution is 0.157. The SMILES string of the molecule is CC(C)C1CCN(CCCC#N)CC1. The molecule has 1 fully saturated rings. The van der Waals surface area contributed by atoms with Gasteiger partial charge >= 0.3 is 0 Å². The second kappa shape index (κ2) is 6.03. The number of hydrogen-bond donors (Lipinski definition) is 0. The Bertz CT molecular complexity index is 185. The zero-order chi connectivity index (χ0) is 10.4. The van der Waals surface area contributed by atoms with E-state index in [1.54, 1.807) is 0 Å². The van der Waals surface area contributed by atoms with E-state index < -0.39 is 0 Å². The molecule has 0 aliphatic carbocycles. The minimum atomic E-state index is 0.712. The van der Waals surface area contributed by atoms with Crippen LogP contribution in [-0.2, 0) is 0 Å². The van der Waals surface area contributed by atoms with E-state index in [9.17, 15) is 0 Å². The summed E-state index contributed by atoms with van der Waals surface area (Å²) in [6.07, 6.45) is 4.46. The highest BCUT2D eigenvalue weighted by Gasteiger charge is 2.20. The Labute approximate surface area is 87.9 Å². The molecule has 0 atom stereocenters. The Hall–Kier alpha value is -0.550. The van der Waals surface area contributed by atoms with Crippen molar-refractivity contribution in [2.75, 3.05) is 19.6 Å². The molecule has 0 amide bonds. The van der Waals surface area contributed by atoms with Crippen LogP contribution < -0.4 is 0 Å². The van der Waals surface area contributed by atoms with Gasteiger partial charge in [-0.3, -0.25) is 0 Å². The van der Waals surface area contributed by atoms with Crippen LogP contribution in [0, 0.1) is 23.2 Å². The highest BCUT2D eigenvalue weighted by atomic mass is 15.1. The van der Waals surface area contributed by atoms with Crippen molar-refractivity contribution in [1.82, 2.24) is 4.90 Å². The van der Waals surface area contributed by atoms with Crippen LogP contribution in [0.5, 0.6) is 0 Å². The van der Waals surface area contributed by atoms with Crippen molar-refractivity contribution in [3.8, 4) is 6.07 Å². The summed E-state index contributed by atoms with van der Waals surface area (Å²) in [6.45, 7) is 8.27. The molecular weight excluding hydrogens is 172 g/mol. The second-order valence-corrected chi connectivity index (χ2v) is 4.68. The molecule has 14 heavy (non-hydrogen) atoms. The van der Waals surface area contributed by atoms with Gasteiger partial charge in [0.2, 0.25) is 0 Å². The zero-order valence-corrected chi connectivity index (χ0v) is 9.50. The first kappa shape index (κ1) is 11.5. The number of unbranched alkanes of at least 4 members (excludes halogenated alkanes) is 1. The van der Waals surface area contributed by atoms with Gasteiger partial charge in [0.05, 0.1) is 6.07 Å². The summed E-state index contributed by atoms with van der Waals surface area (Å²) in [6, 6.07) is 2.21. The third kappa shape index (κ3) is 3.67. The Kier molecular flexibility index (Phi) is 4.97. The number of rotatable bonds is 4. The fourth-order valence-electron chi connectivity index (χ4n) is 2.22. The molecule has 0 aromatic carbocycles. The molecule has 0 aromatic heterocycles. The molecule has 0 unspecified atom stereocenters. The van der Waals surface area contributed by atoms with Gasteiger partial charge in [0.15, 0.2) is 0 Å². The highest BCUT2D eigenvalue weighted by Crippen LogP contribution is 2.24. The van der Waals surface area contributed by atoms with Crippen molar-refractivity contribution >= 4 is 0 Å². The van der Waals surface area contributed by atoms with Crippen LogP contribution in [-0.4, -0.2) is 24.5 Å². The van der Waals surface area contributed by atoms with Gasteiger partial charge in [-0.2, -0.15) is 5.26 Å². The molecule has 80 valence electrons. The van der Waals surface area contributed by atoms with Crippen molar-refractivity contribution < 1.29 is 0 Å². The summed E-state index contributed by atoms with van der Waals surface area (Å²) in [5.74, 6) is 1.78. The van der Waals surface area contributed by atoms with Gasteiger partial charge < -0.3 is 4.90 Å². The quantitative estimate of drug-likeness (QED) is 0.643. The van der Waals surface area contributed by atoms with E-state index in [1.165, 1.54) is 25.9 Å². The van der Waals surface area contributed by atoms with Crippen LogP contribution >= 0.6 is 0 Å². The predicted octanol–water partition coefficient (Wildman–Crippen LogP) is 2.66. The average Bonchev–Trinajstić information content (AvgIpc) is 2.19. The molecule has 0 bridgehead atoms. The normalized spacial score (nSPS) is 19.9. The molecule has 0 aromatic rings. The predicted molar refractivity (Wildman–Crippen MR) is 58.8 cm³/mol. The molecule has 1 aliphatic heterocycles. The number of nitrogens with zero attached hydrogens (tertiary/aromatic N) is 2. The van der Waals surface area contributed by atoms with E-state index in [2.05, 4.69) is 24.8 Å². The van der Waals surface area contributed by atoms with Crippen molar-refractivity contribution in [1.29, 1.82) is 5.26 Å². The first-order valence-electron chi connectivity index (χ1n) is 5.83. The van der Waals surface area contributed by atoms with Crippen LogP contribution in [0.3, 0.4) is 0 Å². The standard InChI is InChI=1S/C12H22N2/c1-11(2)12-5-9-14(10-6-12)8-4-3-7-13/h11-12H,3-6,8-10H2,1-2H3. The summed E-state index contributed by atoms with van der Waals surface area (Å²) in [5, 5.41) is 8.44. The Balaban J connectivity index is 2.13. The Morgan fingerprint density at radius 1 is 1.36 bits per heavy atom. The molecule has 0 spiro atoms. The minimum absolute atomic E-state index is 0.712. The maximum atomic E-state index is 8.44. The largest absolute Gasteiger partial charge is 0.303 e. The summed E-state index contributed by atoms with van der Waals surface area (Å²) in [7, 11) is 0. The fraction of sp³-hybridized carbons (Fsp3) is 0.917. The Morgan fingerprint density at radius 3 is 2.50 bits per heavy atom.